The fourth-order valence-electron chi connectivity index (χ4n) is 1.47. The Morgan fingerprint density at radius 1 is 0.667 bits per heavy atom. The molecule has 1 aromatic carbocycles. The lowest BCUT2D eigenvalue weighted by molar-refractivity contribution is 0.0633. The molecule has 0 unspecified atom stereocenters. The van der Waals surface area contributed by atoms with Crippen LogP contribution in [0.5, 0.6) is 0 Å². The van der Waals surface area contributed by atoms with Crippen LogP contribution in [0.15, 0.2) is 18.2 Å². The van der Waals surface area contributed by atoms with Crippen LogP contribution in [0.3, 0.4) is 0 Å². The van der Waals surface area contributed by atoms with E-state index in [1.165, 1.54) is 6.07 Å². The van der Waals surface area contributed by atoms with E-state index in [0.29, 0.717) is 19.6 Å². The third-order valence-corrected chi connectivity index (χ3v) is 2.82. The SMILES string of the molecule is CNCCO.CNCCO.CNCCO.O=C(O)c1cccc(C(=O)O)c1C(=O)O. The first-order valence-electron chi connectivity index (χ1n) is 8.79. The molecule has 1 rings (SSSR count). The van der Waals surface area contributed by atoms with Gasteiger partial charge < -0.3 is 46.6 Å². The summed E-state index contributed by atoms with van der Waals surface area (Å²) in [5.41, 5.74) is -1.79. The van der Waals surface area contributed by atoms with E-state index in [1.54, 1.807) is 21.1 Å². The van der Waals surface area contributed by atoms with Crippen LogP contribution < -0.4 is 16.0 Å². The first-order valence-corrected chi connectivity index (χ1v) is 8.79. The maximum absolute atomic E-state index is 10.7. The van der Waals surface area contributed by atoms with Gasteiger partial charge in [-0.3, -0.25) is 0 Å². The van der Waals surface area contributed by atoms with Gasteiger partial charge in [-0.25, -0.2) is 14.4 Å². The molecule has 1 aromatic rings. The highest BCUT2D eigenvalue weighted by Gasteiger charge is 2.22. The molecule has 174 valence electrons. The number of carboxylic acids is 3. The number of hydrogen-bond donors (Lipinski definition) is 9. The summed E-state index contributed by atoms with van der Waals surface area (Å²) in [5, 5.41) is 58.4. The first kappa shape index (κ1) is 32.1. The minimum absolute atomic E-state index is 0.233. The van der Waals surface area contributed by atoms with Crippen LogP contribution in [0, 0.1) is 0 Å². The van der Waals surface area contributed by atoms with Crippen molar-refractivity contribution in [2.45, 2.75) is 0 Å². The molecule has 12 heteroatoms. The summed E-state index contributed by atoms with van der Waals surface area (Å²) in [6, 6.07) is 3.26. The van der Waals surface area contributed by atoms with E-state index in [4.69, 9.17) is 30.6 Å². The predicted molar refractivity (Wildman–Crippen MR) is 110 cm³/mol. The van der Waals surface area contributed by atoms with Gasteiger partial charge in [-0.1, -0.05) is 6.07 Å². The van der Waals surface area contributed by atoms with Crippen molar-refractivity contribution >= 4 is 17.9 Å². The molecular weight excluding hydrogens is 402 g/mol. The van der Waals surface area contributed by atoms with E-state index >= 15 is 0 Å². The van der Waals surface area contributed by atoms with Crippen LogP contribution in [-0.4, -0.2) is 109 Å². The quantitative estimate of drug-likeness (QED) is 0.214. The van der Waals surface area contributed by atoms with E-state index in [-0.39, 0.29) is 19.8 Å². The zero-order valence-corrected chi connectivity index (χ0v) is 17.4. The molecule has 0 amide bonds. The van der Waals surface area contributed by atoms with Gasteiger partial charge in [0.15, 0.2) is 0 Å². The van der Waals surface area contributed by atoms with Gasteiger partial charge >= 0.3 is 17.9 Å². The Morgan fingerprint density at radius 3 is 1.10 bits per heavy atom. The summed E-state index contributed by atoms with van der Waals surface area (Å²) in [6.07, 6.45) is 0. The summed E-state index contributed by atoms with van der Waals surface area (Å²) >= 11 is 0. The van der Waals surface area contributed by atoms with Crippen molar-refractivity contribution in [3.05, 3.63) is 34.9 Å². The van der Waals surface area contributed by atoms with Crippen LogP contribution in [0.4, 0.5) is 0 Å². The lowest BCUT2D eigenvalue weighted by atomic mass is 10.0. The molecule has 0 spiro atoms. The number of nitrogens with one attached hydrogen (secondary N) is 3. The molecule has 0 aliphatic heterocycles. The van der Waals surface area contributed by atoms with Crippen LogP contribution in [-0.2, 0) is 0 Å². The molecule has 0 radical (unpaired) electrons. The Bertz CT molecular complexity index is 546. The summed E-state index contributed by atoms with van der Waals surface area (Å²) in [6.45, 7) is 2.78. The standard InChI is InChI=1S/C9H6O6.3C3H9NO/c10-7(11)4-2-1-3-5(8(12)13)6(4)9(14)15;3*1-4-2-3-5/h1-3H,(H,10,11)(H,12,13)(H,14,15);3*4-5H,2-3H2,1H3. The Hall–Kier alpha value is -2.61. The zero-order chi connectivity index (χ0) is 23.9. The average molecular weight is 435 g/mol. The number of aliphatic hydroxyl groups excluding tert-OH is 3. The van der Waals surface area contributed by atoms with Crippen molar-refractivity contribution in [1.29, 1.82) is 0 Å². The monoisotopic (exact) mass is 435 g/mol. The minimum Gasteiger partial charge on any atom is -0.478 e. The van der Waals surface area contributed by atoms with Gasteiger partial charge in [-0.05, 0) is 33.3 Å². The second-order valence-corrected chi connectivity index (χ2v) is 5.13. The van der Waals surface area contributed by atoms with Crippen LogP contribution in [0.2, 0.25) is 0 Å². The zero-order valence-electron chi connectivity index (χ0n) is 17.4. The van der Waals surface area contributed by atoms with Crippen molar-refractivity contribution < 1.29 is 45.0 Å². The highest BCUT2D eigenvalue weighted by atomic mass is 16.4. The maximum Gasteiger partial charge on any atom is 0.337 e. The molecule has 0 heterocycles. The molecule has 0 aliphatic carbocycles. The highest BCUT2D eigenvalue weighted by molar-refractivity contribution is 6.08. The largest absolute Gasteiger partial charge is 0.478 e. The molecule has 0 bridgehead atoms. The van der Waals surface area contributed by atoms with Gasteiger partial charge in [0.1, 0.15) is 0 Å². The number of carboxylic acid groups (broad SMARTS) is 3. The molecule has 0 aliphatic rings. The van der Waals surface area contributed by atoms with Crippen LogP contribution in [0.1, 0.15) is 31.1 Å². The maximum atomic E-state index is 10.7. The fourth-order valence-corrected chi connectivity index (χ4v) is 1.47. The van der Waals surface area contributed by atoms with Crippen LogP contribution in [0.25, 0.3) is 0 Å². The number of aliphatic hydroxyl groups is 3. The molecule has 0 aromatic heterocycles. The Balaban J connectivity index is -0.000000400. The number of benzene rings is 1. The molecule has 0 fully saturated rings. The lowest BCUT2D eigenvalue weighted by Crippen LogP contribution is -2.14. The van der Waals surface area contributed by atoms with Gasteiger partial charge in [-0.15, -0.1) is 0 Å². The summed E-state index contributed by atoms with van der Waals surface area (Å²) < 4.78 is 0. The minimum atomic E-state index is -1.58. The van der Waals surface area contributed by atoms with Gasteiger partial charge in [0.25, 0.3) is 0 Å². The Labute approximate surface area is 175 Å². The molecular formula is C18H33N3O9. The average Bonchev–Trinajstić information content (AvgIpc) is 2.70. The van der Waals surface area contributed by atoms with E-state index in [9.17, 15) is 14.4 Å². The van der Waals surface area contributed by atoms with Crippen molar-refractivity contribution in [3.8, 4) is 0 Å². The summed E-state index contributed by atoms with van der Waals surface area (Å²) in [5.74, 6) is -4.53. The normalized spacial score (nSPS) is 9.00. The molecule has 12 nitrogen and oxygen atoms in total. The van der Waals surface area contributed by atoms with Gasteiger partial charge in [0.05, 0.1) is 36.5 Å². The smallest absolute Gasteiger partial charge is 0.337 e. The number of rotatable bonds is 9. The number of likely N-dealkylation sites (N-methyl/N-ethyl adjacent to an activating group) is 3. The lowest BCUT2D eigenvalue weighted by Gasteiger charge is -2.04. The molecule has 0 saturated heterocycles. The molecule has 9 N–H and O–H groups in total. The fraction of sp³-hybridized carbons (Fsp3) is 0.500. The highest BCUT2D eigenvalue weighted by Crippen LogP contribution is 2.15. The number of hydrogen-bond acceptors (Lipinski definition) is 9. The number of carbonyl (C=O) groups is 3. The first-order chi connectivity index (χ1) is 14.2. The second kappa shape index (κ2) is 22.7. The van der Waals surface area contributed by atoms with E-state index < -0.39 is 34.6 Å². The second-order valence-electron chi connectivity index (χ2n) is 5.13. The van der Waals surface area contributed by atoms with E-state index in [2.05, 4.69) is 16.0 Å². The predicted octanol–water partition coefficient (Wildman–Crippen LogP) is -1.62. The molecule has 0 saturated carbocycles. The molecule has 0 atom stereocenters. The van der Waals surface area contributed by atoms with Crippen LogP contribution >= 0.6 is 0 Å². The summed E-state index contributed by atoms with van der Waals surface area (Å²) in [7, 11) is 5.41. The van der Waals surface area contributed by atoms with Crippen molar-refractivity contribution in [1.82, 2.24) is 16.0 Å². The van der Waals surface area contributed by atoms with Crippen molar-refractivity contribution in [2.75, 3.05) is 60.6 Å². The van der Waals surface area contributed by atoms with Crippen molar-refractivity contribution in [3.63, 3.8) is 0 Å². The third-order valence-electron chi connectivity index (χ3n) is 2.82. The summed E-state index contributed by atoms with van der Waals surface area (Å²) in [4.78, 5) is 32.0. The Kier molecular flexibility index (Phi) is 24.2. The van der Waals surface area contributed by atoms with Gasteiger partial charge in [-0.2, -0.15) is 0 Å². The topological polar surface area (TPSA) is 209 Å². The van der Waals surface area contributed by atoms with E-state index in [1.807, 2.05) is 0 Å². The third kappa shape index (κ3) is 17.5. The van der Waals surface area contributed by atoms with Crippen molar-refractivity contribution in [2.24, 2.45) is 0 Å². The van der Waals surface area contributed by atoms with E-state index in [0.717, 1.165) is 12.1 Å². The molecule has 30 heavy (non-hydrogen) atoms. The Morgan fingerprint density at radius 2 is 0.967 bits per heavy atom. The van der Waals surface area contributed by atoms with Gasteiger partial charge in [0, 0.05) is 19.6 Å². The van der Waals surface area contributed by atoms with Gasteiger partial charge in [0.2, 0.25) is 0 Å². The number of aromatic carboxylic acids is 3.